The third kappa shape index (κ3) is 21.8. The van der Waals surface area contributed by atoms with Gasteiger partial charge >= 0.3 is 7.82 Å². The molecule has 0 amide bonds. The number of hydrogen-bond donors (Lipinski definition) is 1. The van der Waals surface area contributed by atoms with Crippen LogP contribution in [0.2, 0.25) is 0 Å². The Kier molecular flexibility index (Phi) is 30.2. The van der Waals surface area contributed by atoms with E-state index >= 15 is 0 Å². The molecule has 0 saturated carbocycles. The SMILES string of the molecule is CC.CCC.CCC(C)CC(COP(=O)(O)OC)c1ccccc1.CCC(C)CC(COP(OC)N(C(C)C)C(C)C)c1ccccc1. The van der Waals surface area contributed by atoms with Gasteiger partial charge in [0.15, 0.2) is 0 Å². The molecule has 9 heteroatoms. The van der Waals surface area contributed by atoms with Crippen LogP contribution in [-0.2, 0) is 22.7 Å². The Labute approximate surface area is 298 Å². The minimum atomic E-state index is -3.90. The topological polar surface area (TPSA) is 77.5 Å². The van der Waals surface area contributed by atoms with Crippen molar-refractivity contribution >= 4 is 16.3 Å². The van der Waals surface area contributed by atoms with E-state index in [1.54, 1.807) is 7.11 Å². The van der Waals surface area contributed by atoms with Crippen molar-refractivity contribution in [2.75, 3.05) is 27.4 Å². The summed E-state index contributed by atoms with van der Waals surface area (Å²) >= 11 is 0. The third-order valence-electron chi connectivity index (χ3n) is 7.77. The van der Waals surface area contributed by atoms with Gasteiger partial charge in [-0.15, -0.1) is 0 Å². The average molecular weight is 714 g/mol. The predicted octanol–water partition coefficient (Wildman–Crippen LogP) is 12.6. The van der Waals surface area contributed by atoms with E-state index < -0.39 is 16.3 Å². The zero-order valence-corrected chi connectivity index (χ0v) is 34.8. The van der Waals surface area contributed by atoms with E-state index in [-0.39, 0.29) is 12.5 Å². The third-order valence-corrected chi connectivity index (χ3v) is 10.7. The van der Waals surface area contributed by atoms with Crippen LogP contribution in [0, 0.1) is 11.8 Å². The van der Waals surface area contributed by atoms with E-state index in [2.05, 4.69) is 109 Å². The van der Waals surface area contributed by atoms with Crippen LogP contribution in [0.3, 0.4) is 0 Å². The van der Waals surface area contributed by atoms with Gasteiger partial charge in [0.05, 0.1) is 13.2 Å². The monoisotopic (exact) mass is 713 g/mol. The summed E-state index contributed by atoms with van der Waals surface area (Å²) in [5.41, 5.74) is 2.49. The maximum Gasteiger partial charge on any atom is 0.471 e. The second-order valence-corrected chi connectivity index (χ2v) is 15.8. The van der Waals surface area contributed by atoms with Crippen molar-refractivity contribution in [3.05, 3.63) is 71.8 Å². The van der Waals surface area contributed by atoms with Crippen LogP contribution in [0.1, 0.15) is 138 Å². The minimum absolute atomic E-state index is 0.103. The highest BCUT2D eigenvalue weighted by molar-refractivity contribution is 7.47. The molecule has 48 heavy (non-hydrogen) atoms. The number of rotatable bonds is 19. The van der Waals surface area contributed by atoms with Crippen LogP contribution in [0.5, 0.6) is 0 Å². The van der Waals surface area contributed by atoms with Crippen LogP contribution in [-0.4, -0.2) is 49.1 Å². The van der Waals surface area contributed by atoms with Crippen molar-refractivity contribution in [1.29, 1.82) is 0 Å². The maximum absolute atomic E-state index is 11.4. The molecule has 280 valence electrons. The molecule has 0 fully saturated rings. The lowest BCUT2D eigenvalue weighted by atomic mass is 9.89. The molecule has 0 aliphatic heterocycles. The summed E-state index contributed by atoms with van der Waals surface area (Å²) in [5.74, 6) is 1.75. The van der Waals surface area contributed by atoms with Crippen molar-refractivity contribution in [2.24, 2.45) is 11.8 Å². The molecule has 7 nitrogen and oxygen atoms in total. The summed E-state index contributed by atoms with van der Waals surface area (Å²) in [6, 6.07) is 21.5. The first-order valence-electron chi connectivity index (χ1n) is 18.2. The van der Waals surface area contributed by atoms with Crippen LogP contribution in [0.4, 0.5) is 0 Å². The Morgan fingerprint density at radius 3 is 1.40 bits per heavy atom. The van der Waals surface area contributed by atoms with E-state index in [4.69, 9.17) is 13.6 Å². The fourth-order valence-electron chi connectivity index (χ4n) is 4.93. The zero-order valence-electron chi connectivity index (χ0n) is 33.0. The average Bonchev–Trinajstić information content (AvgIpc) is 3.09. The number of phosphoric ester groups is 1. The molecule has 2 rings (SSSR count). The molecule has 0 aliphatic rings. The van der Waals surface area contributed by atoms with E-state index in [1.807, 2.05) is 44.2 Å². The Hall–Kier alpha value is -1.14. The quantitative estimate of drug-likeness (QED) is 0.145. The lowest BCUT2D eigenvalue weighted by Crippen LogP contribution is -2.33. The van der Waals surface area contributed by atoms with Gasteiger partial charge in [0.25, 0.3) is 8.53 Å². The predicted molar refractivity (Wildman–Crippen MR) is 209 cm³/mol. The van der Waals surface area contributed by atoms with Gasteiger partial charge in [-0.2, -0.15) is 0 Å². The van der Waals surface area contributed by atoms with Gasteiger partial charge in [0.2, 0.25) is 0 Å². The number of benzene rings is 2. The molecule has 0 aromatic heterocycles. The molecule has 2 aromatic carbocycles. The molecule has 0 heterocycles. The molecular weight excluding hydrogens is 640 g/mol. The highest BCUT2D eigenvalue weighted by atomic mass is 31.2. The number of hydrogen-bond acceptors (Lipinski definition) is 6. The highest BCUT2D eigenvalue weighted by Crippen LogP contribution is 2.46. The van der Waals surface area contributed by atoms with Gasteiger partial charge in [0.1, 0.15) is 0 Å². The molecule has 6 atom stereocenters. The lowest BCUT2D eigenvalue weighted by Gasteiger charge is -2.35. The van der Waals surface area contributed by atoms with Crippen molar-refractivity contribution < 1.29 is 27.6 Å². The summed E-state index contributed by atoms with van der Waals surface area (Å²) < 4.78 is 35.2. The van der Waals surface area contributed by atoms with Crippen molar-refractivity contribution in [3.8, 4) is 0 Å². The molecule has 0 saturated heterocycles. The maximum atomic E-state index is 11.4. The normalized spacial score (nSPS) is 15.5. The van der Waals surface area contributed by atoms with Gasteiger partial charge in [-0.3, -0.25) is 9.05 Å². The highest BCUT2D eigenvalue weighted by Gasteiger charge is 2.28. The second kappa shape index (κ2) is 29.6. The van der Waals surface area contributed by atoms with Gasteiger partial charge < -0.3 is 13.9 Å². The smallest absolute Gasteiger partial charge is 0.325 e. The molecule has 0 radical (unpaired) electrons. The first kappa shape index (κ1) is 49.0. The Bertz CT molecular complexity index is 1020. The second-order valence-electron chi connectivity index (χ2n) is 12.7. The zero-order chi connectivity index (χ0) is 37.1. The molecular formula is C39H73NO6P2. The van der Waals surface area contributed by atoms with Crippen LogP contribution >= 0.6 is 16.3 Å². The first-order chi connectivity index (χ1) is 22.8. The van der Waals surface area contributed by atoms with E-state index in [0.717, 1.165) is 24.8 Å². The van der Waals surface area contributed by atoms with Crippen LogP contribution < -0.4 is 0 Å². The Balaban J connectivity index is 0. The first-order valence-corrected chi connectivity index (χ1v) is 20.8. The van der Waals surface area contributed by atoms with Crippen LogP contribution in [0.25, 0.3) is 0 Å². The van der Waals surface area contributed by atoms with Crippen LogP contribution in [0.15, 0.2) is 60.7 Å². The Morgan fingerprint density at radius 1 is 0.708 bits per heavy atom. The van der Waals surface area contributed by atoms with Gasteiger partial charge in [0, 0.05) is 38.1 Å². The molecule has 2 aromatic rings. The largest absolute Gasteiger partial charge is 0.471 e. The summed E-state index contributed by atoms with van der Waals surface area (Å²) in [6.07, 6.45) is 5.60. The van der Waals surface area contributed by atoms with E-state index in [1.165, 1.54) is 25.5 Å². The molecule has 6 unspecified atom stereocenters. The van der Waals surface area contributed by atoms with Gasteiger partial charge in [-0.25, -0.2) is 9.24 Å². The summed E-state index contributed by atoms with van der Waals surface area (Å²) in [6.45, 7) is 26.8. The lowest BCUT2D eigenvalue weighted by molar-refractivity contribution is 0.159. The standard InChI is InChI=1S/C20H36NO2P.C14H23O4P.C3H8.C2H6/c1-8-18(6)14-20(19-12-10-9-11-13-19)15-23-24(22-7)21(16(2)3)17(4)5;1-4-12(2)10-14(11-18-19(15,16)17-3)13-8-6-5-7-9-13;1-3-2;1-2/h9-13,16-18,20H,8,14-15H2,1-7H3;5-9,12,14H,4,10-11H2,1-3H3,(H,15,16);3H2,1-2H3;1-2H3. The molecule has 0 bridgehead atoms. The Morgan fingerprint density at radius 2 is 1.08 bits per heavy atom. The number of nitrogens with zero attached hydrogens (tertiary/aromatic N) is 1. The number of phosphoric acid groups is 1. The summed E-state index contributed by atoms with van der Waals surface area (Å²) in [7, 11) is -1.99. The minimum Gasteiger partial charge on any atom is -0.325 e. The molecule has 0 spiro atoms. The summed E-state index contributed by atoms with van der Waals surface area (Å²) in [5, 5.41) is 0. The molecule has 1 N–H and O–H groups in total. The fraction of sp³-hybridized carbons (Fsp3) is 0.692. The molecule has 0 aliphatic carbocycles. The summed E-state index contributed by atoms with van der Waals surface area (Å²) in [4.78, 5) is 9.32. The van der Waals surface area contributed by atoms with Crippen molar-refractivity contribution in [3.63, 3.8) is 0 Å². The van der Waals surface area contributed by atoms with Gasteiger partial charge in [-0.1, -0.05) is 135 Å². The van der Waals surface area contributed by atoms with Gasteiger partial charge in [-0.05, 0) is 63.5 Å². The van der Waals surface area contributed by atoms with E-state index in [0.29, 0.717) is 36.4 Å². The van der Waals surface area contributed by atoms with Crippen molar-refractivity contribution in [1.82, 2.24) is 4.67 Å². The van der Waals surface area contributed by atoms with Crippen molar-refractivity contribution in [2.45, 2.75) is 139 Å². The van der Waals surface area contributed by atoms with E-state index in [9.17, 15) is 9.46 Å². The fourth-order valence-corrected chi connectivity index (χ4v) is 6.90.